The average Bonchev–Trinajstić information content (AvgIpc) is 3.12. The Morgan fingerprint density at radius 1 is 1.11 bits per heavy atom. The van der Waals surface area contributed by atoms with E-state index in [0.717, 1.165) is 22.9 Å². The number of aromatic amines is 1. The number of fused-ring (bicyclic) bond motifs is 1. The molecule has 3 rings (SSSR count). The Morgan fingerprint density at radius 2 is 1.89 bits per heavy atom. The Morgan fingerprint density at radius 3 is 2.59 bits per heavy atom. The third-order valence-corrected chi connectivity index (χ3v) is 4.81. The summed E-state index contributed by atoms with van der Waals surface area (Å²) in [6.45, 7) is 4.77. The van der Waals surface area contributed by atoms with E-state index in [1.165, 1.54) is 12.5 Å². The van der Waals surface area contributed by atoms with Crippen LogP contribution in [0.5, 0.6) is 0 Å². The number of Topliss-reactive ketones (excluding diaryl/α,β-unsaturated/α-hetero) is 1. The number of carbonyl (C=O) groups is 2. The topological polar surface area (TPSA) is 78.6 Å². The first-order valence-electron chi connectivity index (χ1n) is 9.37. The second kappa shape index (κ2) is 8.64. The summed E-state index contributed by atoms with van der Waals surface area (Å²) in [5.41, 5.74) is 3.92. The Hall–Kier alpha value is -2.92. The van der Waals surface area contributed by atoms with Gasteiger partial charge in [0.15, 0.2) is 6.04 Å². The number of aryl methyl sites for hydroxylation is 1. The van der Waals surface area contributed by atoms with Crippen LogP contribution in [0.2, 0.25) is 0 Å². The van der Waals surface area contributed by atoms with Crippen molar-refractivity contribution in [2.75, 3.05) is 13.1 Å². The van der Waals surface area contributed by atoms with Crippen molar-refractivity contribution in [2.45, 2.75) is 26.3 Å². The van der Waals surface area contributed by atoms with E-state index >= 15 is 0 Å². The Bertz CT molecular complexity index is 931. The van der Waals surface area contributed by atoms with Crippen LogP contribution >= 0.6 is 0 Å². The van der Waals surface area contributed by atoms with Crippen molar-refractivity contribution < 1.29 is 14.9 Å². The minimum atomic E-state index is -0.343. The summed E-state index contributed by atoms with van der Waals surface area (Å²) >= 11 is 0. The van der Waals surface area contributed by atoms with Crippen molar-refractivity contribution in [2.24, 2.45) is 0 Å². The van der Waals surface area contributed by atoms with E-state index < -0.39 is 0 Å². The highest BCUT2D eigenvalue weighted by atomic mass is 16.1. The van der Waals surface area contributed by atoms with Gasteiger partial charge in [-0.05, 0) is 12.0 Å². The van der Waals surface area contributed by atoms with E-state index in [-0.39, 0.29) is 17.7 Å². The number of ketones is 1. The number of carbonyl (C=O) groups excluding carboxylic acids is 2. The first-order valence-corrected chi connectivity index (χ1v) is 9.37. The van der Waals surface area contributed by atoms with Gasteiger partial charge in [-0.1, -0.05) is 55.5 Å². The van der Waals surface area contributed by atoms with Crippen molar-refractivity contribution in [3.05, 3.63) is 71.4 Å². The summed E-state index contributed by atoms with van der Waals surface area (Å²) < 4.78 is 0. The van der Waals surface area contributed by atoms with Gasteiger partial charge in [0.05, 0.1) is 13.1 Å². The van der Waals surface area contributed by atoms with Crippen LogP contribution in [-0.4, -0.2) is 29.8 Å². The molecule has 0 saturated heterocycles. The van der Waals surface area contributed by atoms with Gasteiger partial charge in [-0.15, -0.1) is 0 Å². The SMILES string of the molecule is CCc1cccc2c(C(=O)[C@H]([NH2+]CCNC(C)=O)c3ccccc3)c[nH]c12. The van der Waals surface area contributed by atoms with Crippen molar-refractivity contribution in [3.8, 4) is 0 Å². The molecule has 140 valence electrons. The second-order valence-electron chi connectivity index (χ2n) is 6.66. The van der Waals surface area contributed by atoms with E-state index in [2.05, 4.69) is 23.3 Å². The molecule has 5 heteroatoms. The molecule has 0 fully saturated rings. The monoisotopic (exact) mass is 364 g/mol. The summed E-state index contributed by atoms with van der Waals surface area (Å²) in [4.78, 5) is 27.8. The van der Waals surface area contributed by atoms with Gasteiger partial charge in [0.2, 0.25) is 11.7 Å². The molecule has 1 amide bonds. The molecule has 0 bridgehead atoms. The molecule has 5 nitrogen and oxygen atoms in total. The first kappa shape index (κ1) is 18.9. The van der Waals surface area contributed by atoms with E-state index in [4.69, 9.17) is 0 Å². The summed E-state index contributed by atoms with van der Waals surface area (Å²) in [5.74, 6) is 0.0123. The van der Waals surface area contributed by atoms with Crippen LogP contribution in [0, 0.1) is 0 Å². The predicted molar refractivity (Wildman–Crippen MR) is 107 cm³/mol. The fraction of sp³-hybridized carbons (Fsp3) is 0.273. The maximum Gasteiger partial charge on any atom is 0.226 e. The van der Waals surface area contributed by atoms with Crippen LogP contribution in [0.15, 0.2) is 54.7 Å². The van der Waals surface area contributed by atoms with Crippen LogP contribution in [0.4, 0.5) is 0 Å². The van der Waals surface area contributed by atoms with Crippen LogP contribution in [-0.2, 0) is 11.2 Å². The fourth-order valence-corrected chi connectivity index (χ4v) is 3.44. The third kappa shape index (κ3) is 4.26. The highest BCUT2D eigenvalue weighted by Gasteiger charge is 2.27. The zero-order valence-corrected chi connectivity index (χ0v) is 15.8. The molecule has 2 aromatic carbocycles. The summed E-state index contributed by atoms with van der Waals surface area (Å²) in [6, 6.07) is 15.5. The molecule has 0 unspecified atom stereocenters. The standard InChI is InChI=1S/C22H25N3O2/c1-3-16-10-7-11-18-19(14-25-20(16)18)22(27)21(17-8-5-4-6-9-17)24-13-12-23-15(2)26/h4-11,14,21,24-25H,3,12-13H2,1-2H3,(H,23,26)/p+1/t21-/m1/s1. The number of nitrogens with one attached hydrogen (secondary N) is 2. The summed E-state index contributed by atoms with van der Waals surface area (Å²) in [6.07, 6.45) is 2.74. The van der Waals surface area contributed by atoms with Crippen molar-refractivity contribution >= 4 is 22.6 Å². The molecule has 4 N–H and O–H groups in total. The second-order valence-corrected chi connectivity index (χ2v) is 6.66. The van der Waals surface area contributed by atoms with Gasteiger partial charge in [-0.25, -0.2) is 0 Å². The number of amides is 1. The van der Waals surface area contributed by atoms with Gasteiger partial charge < -0.3 is 15.6 Å². The molecular formula is C22H26N3O2+. The number of hydrogen-bond donors (Lipinski definition) is 3. The summed E-state index contributed by atoms with van der Waals surface area (Å²) in [7, 11) is 0. The zero-order valence-electron chi connectivity index (χ0n) is 15.8. The van der Waals surface area contributed by atoms with Crippen LogP contribution in [0.3, 0.4) is 0 Å². The smallest absolute Gasteiger partial charge is 0.226 e. The number of rotatable bonds is 8. The molecule has 0 aliphatic rings. The van der Waals surface area contributed by atoms with Crippen LogP contribution in [0.25, 0.3) is 10.9 Å². The Labute approximate surface area is 159 Å². The Balaban J connectivity index is 1.90. The van der Waals surface area contributed by atoms with Crippen LogP contribution in [0.1, 0.15) is 41.4 Å². The van der Waals surface area contributed by atoms with Gasteiger partial charge in [-0.2, -0.15) is 0 Å². The van der Waals surface area contributed by atoms with Crippen molar-refractivity contribution in [3.63, 3.8) is 0 Å². The highest BCUT2D eigenvalue weighted by molar-refractivity contribution is 6.10. The molecule has 1 atom stereocenters. The van der Waals surface area contributed by atoms with E-state index in [9.17, 15) is 9.59 Å². The molecule has 0 aliphatic carbocycles. The maximum atomic E-state index is 13.4. The third-order valence-electron chi connectivity index (χ3n) is 4.81. The largest absolute Gasteiger partial charge is 0.360 e. The first-order chi connectivity index (χ1) is 13.1. The quantitative estimate of drug-likeness (QED) is 0.424. The molecule has 0 saturated carbocycles. The lowest BCUT2D eigenvalue weighted by Crippen LogP contribution is -2.88. The fourth-order valence-electron chi connectivity index (χ4n) is 3.44. The van der Waals surface area contributed by atoms with Gasteiger partial charge >= 0.3 is 0 Å². The normalized spacial score (nSPS) is 12.1. The molecule has 0 radical (unpaired) electrons. The number of benzene rings is 2. The average molecular weight is 364 g/mol. The summed E-state index contributed by atoms with van der Waals surface area (Å²) in [5, 5.41) is 5.75. The number of quaternary nitrogens is 1. The number of para-hydroxylation sites is 1. The van der Waals surface area contributed by atoms with Crippen molar-refractivity contribution in [1.29, 1.82) is 0 Å². The molecule has 3 aromatic rings. The minimum absolute atomic E-state index is 0.0605. The van der Waals surface area contributed by atoms with Gasteiger partial charge in [0.25, 0.3) is 0 Å². The van der Waals surface area contributed by atoms with Gasteiger partial charge in [0, 0.05) is 35.2 Å². The van der Waals surface area contributed by atoms with E-state index in [1.807, 2.05) is 54.0 Å². The molecule has 1 aromatic heterocycles. The number of H-pyrrole nitrogens is 1. The van der Waals surface area contributed by atoms with E-state index in [1.54, 1.807) is 0 Å². The lowest BCUT2D eigenvalue weighted by Gasteiger charge is -2.15. The highest BCUT2D eigenvalue weighted by Crippen LogP contribution is 2.25. The zero-order chi connectivity index (χ0) is 19.2. The molecular weight excluding hydrogens is 338 g/mol. The van der Waals surface area contributed by atoms with Crippen molar-refractivity contribution in [1.82, 2.24) is 10.3 Å². The predicted octanol–water partition coefficient (Wildman–Crippen LogP) is 2.35. The Kier molecular flexibility index (Phi) is 6.04. The number of aromatic nitrogens is 1. The lowest BCUT2D eigenvalue weighted by atomic mass is 9.96. The molecule has 27 heavy (non-hydrogen) atoms. The maximum absolute atomic E-state index is 13.4. The number of nitrogens with two attached hydrogens (primary N) is 1. The van der Waals surface area contributed by atoms with Gasteiger partial charge in [-0.3, -0.25) is 9.59 Å². The minimum Gasteiger partial charge on any atom is -0.360 e. The lowest BCUT2D eigenvalue weighted by molar-refractivity contribution is -0.679. The van der Waals surface area contributed by atoms with Crippen LogP contribution < -0.4 is 10.6 Å². The van der Waals surface area contributed by atoms with E-state index in [0.29, 0.717) is 18.7 Å². The number of hydrogen-bond acceptors (Lipinski definition) is 2. The molecule has 1 heterocycles. The molecule has 0 aliphatic heterocycles. The van der Waals surface area contributed by atoms with Gasteiger partial charge in [0.1, 0.15) is 0 Å². The molecule has 0 spiro atoms.